The van der Waals surface area contributed by atoms with Crippen LogP contribution in [0.5, 0.6) is 0 Å². The molecule has 0 unspecified atom stereocenters. The van der Waals surface area contributed by atoms with Crippen molar-refractivity contribution >= 4 is 28.2 Å². The van der Waals surface area contributed by atoms with E-state index in [0.717, 1.165) is 0 Å². The van der Waals surface area contributed by atoms with Crippen molar-refractivity contribution in [1.82, 2.24) is 4.98 Å². The second kappa shape index (κ2) is 5.98. The first-order valence-electron chi connectivity index (χ1n) is 5.78. The van der Waals surface area contributed by atoms with E-state index in [1.54, 1.807) is 18.2 Å². The van der Waals surface area contributed by atoms with Gasteiger partial charge in [-0.1, -0.05) is 11.6 Å². The molecule has 5 heteroatoms. The summed E-state index contributed by atoms with van der Waals surface area (Å²) in [6.45, 7) is 3.66. The van der Waals surface area contributed by atoms with E-state index >= 15 is 0 Å². The van der Waals surface area contributed by atoms with Gasteiger partial charge in [0.05, 0.1) is 17.3 Å². The first-order valence-corrected chi connectivity index (χ1v) is 6.16. The minimum absolute atomic E-state index is 0.281. The number of pyridine rings is 1. The third kappa shape index (κ3) is 2.71. The summed E-state index contributed by atoms with van der Waals surface area (Å²) < 4.78 is 19.3. The van der Waals surface area contributed by atoms with E-state index in [1.807, 2.05) is 6.92 Å². The number of nitrogens with zero attached hydrogens (tertiary/aromatic N) is 1. The predicted octanol–water partition coefficient (Wildman–Crippen LogP) is 3.48. The van der Waals surface area contributed by atoms with Crippen molar-refractivity contribution in [2.75, 3.05) is 25.1 Å². The number of rotatable bonds is 5. The first-order chi connectivity index (χ1) is 8.74. The zero-order valence-electron chi connectivity index (χ0n) is 10.0. The third-order valence-corrected chi connectivity index (χ3v) is 2.89. The second-order valence-corrected chi connectivity index (χ2v) is 4.15. The number of ether oxygens (including phenoxy) is 1. The summed E-state index contributed by atoms with van der Waals surface area (Å²) in [6.07, 6.45) is 1.50. The van der Waals surface area contributed by atoms with Gasteiger partial charge < -0.3 is 10.1 Å². The van der Waals surface area contributed by atoms with Crippen LogP contribution in [0, 0.1) is 5.82 Å². The maximum absolute atomic E-state index is 14.1. The number of fused-ring (bicyclic) bond motifs is 1. The lowest BCUT2D eigenvalue weighted by molar-refractivity contribution is 0.158. The molecule has 96 valence electrons. The summed E-state index contributed by atoms with van der Waals surface area (Å²) in [5, 5.41) is 4.09. The summed E-state index contributed by atoms with van der Waals surface area (Å²) in [5.41, 5.74) is 0.695. The van der Waals surface area contributed by atoms with Crippen molar-refractivity contribution in [2.24, 2.45) is 0 Å². The lowest BCUT2D eigenvalue weighted by Crippen LogP contribution is -2.10. The van der Waals surface area contributed by atoms with Gasteiger partial charge in [-0.15, -0.1) is 0 Å². The van der Waals surface area contributed by atoms with Gasteiger partial charge in [0.1, 0.15) is 5.52 Å². The molecule has 1 aromatic heterocycles. The summed E-state index contributed by atoms with van der Waals surface area (Å²) in [7, 11) is 0. The minimum Gasteiger partial charge on any atom is -0.380 e. The van der Waals surface area contributed by atoms with Crippen molar-refractivity contribution in [1.29, 1.82) is 0 Å². The molecule has 0 atom stereocenters. The fourth-order valence-corrected chi connectivity index (χ4v) is 1.90. The molecule has 0 bridgehead atoms. The Morgan fingerprint density at radius 3 is 3.00 bits per heavy atom. The van der Waals surface area contributed by atoms with E-state index in [1.165, 1.54) is 6.20 Å². The van der Waals surface area contributed by atoms with Gasteiger partial charge in [-0.25, -0.2) is 4.39 Å². The molecular formula is C13H14ClFN2O. The van der Waals surface area contributed by atoms with Crippen LogP contribution in [0.3, 0.4) is 0 Å². The molecule has 1 aromatic carbocycles. The number of halogens is 2. The fourth-order valence-electron chi connectivity index (χ4n) is 1.69. The molecule has 0 fully saturated rings. The molecule has 0 spiro atoms. The molecule has 0 saturated carbocycles. The molecule has 1 N–H and O–H groups in total. The zero-order valence-corrected chi connectivity index (χ0v) is 10.8. The molecule has 0 saturated heterocycles. The topological polar surface area (TPSA) is 34.1 Å². The van der Waals surface area contributed by atoms with Crippen molar-refractivity contribution in [3.05, 3.63) is 35.2 Å². The Bertz CT molecular complexity index is 548. The number of hydrogen-bond acceptors (Lipinski definition) is 3. The highest BCUT2D eigenvalue weighted by molar-refractivity contribution is 6.35. The Balaban J connectivity index is 2.22. The van der Waals surface area contributed by atoms with Gasteiger partial charge in [0, 0.05) is 24.7 Å². The normalized spacial score (nSPS) is 10.8. The average molecular weight is 269 g/mol. The van der Waals surface area contributed by atoms with E-state index in [4.69, 9.17) is 16.3 Å². The fraction of sp³-hybridized carbons (Fsp3) is 0.308. The molecular weight excluding hydrogens is 255 g/mol. The van der Waals surface area contributed by atoms with Gasteiger partial charge in [-0.05, 0) is 25.1 Å². The second-order valence-electron chi connectivity index (χ2n) is 3.74. The van der Waals surface area contributed by atoms with Gasteiger partial charge in [-0.2, -0.15) is 0 Å². The van der Waals surface area contributed by atoms with E-state index in [2.05, 4.69) is 10.3 Å². The van der Waals surface area contributed by atoms with Crippen LogP contribution in [-0.4, -0.2) is 24.7 Å². The SMILES string of the molecule is CCOCCNc1ccc2c(Cl)ccnc2c1F. The quantitative estimate of drug-likeness (QED) is 0.843. The van der Waals surface area contributed by atoms with Gasteiger partial charge in [0.25, 0.3) is 0 Å². The number of aromatic nitrogens is 1. The minimum atomic E-state index is -0.383. The maximum atomic E-state index is 14.1. The van der Waals surface area contributed by atoms with Gasteiger partial charge in [0.15, 0.2) is 5.82 Å². The van der Waals surface area contributed by atoms with Crippen LogP contribution in [0.15, 0.2) is 24.4 Å². The van der Waals surface area contributed by atoms with Crippen molar-refractivity contribution in [2.45, 2.75) is 6.92 Å². The van der Waals surface area contributed by atoms with Crippen molar-refractivity contribution < 1.29 is 9.13 Å². The molecule has 0 amide bonds. The van der Waals surface area contributed by atoms with Gasteiger partial charge >= 0.3 is 0 Å². The summed E-state index contributed by atoms with van der Waals surface area (Å²) in [6, 6.07) is 5.07. The lowest BCUT2D eigenvalue weighted by Gasteiger charge is -2.09. The van der Waals surface area contributed by atoms with Crippen LogP contribution in [0.1, 0.15) is 6.92 Å². The Morgan fingerprint density at radius 2 is 2.22 bits per heavy atom. The smallest absolute Gasteiger partial charge is 0.172 e. The van der Waals surface area contributed by atoms with Crippen molar-refractivity contribution in [3.63, 3.8) is 0 Å². The Kier molecular flexibility index (Phi) is 4.33. The third-order valence-electron chi connectivity index (χ3n) is 2.56. The largest absolute Gasteiger partial charge is 0.380 e. The number of benzene rings is 1. The molecule has 2 aromatic rings. The predicted molar refractivity (Wildman–Crippen MR) is 71.7 cm³/mol. The zero-order chi connectivity index (χ0) is 13.0. The van der Waals surface area contributed by atoms with E-state index in [0.29, 0.717) is 35.9 Å². The average Bonchev–Trinajstić information content (AvgIpc) is 2.38. The van der Waals surface area contributed by atoms with Crippen LogP contribution < -0.4 is 5.32 Å². The van der Waals surface area contributed by atoms with Crippen LogP contribution in [0.4, 0.5) is 10.1 Å². The van der Waals surface area contributed by atoms with Gasteiger partial charge in [0.2, 0.25) is 0 Å². The number of nitrogens with one attached hydrogen (secondary N) is 1. The van der Waals surface area contributed by atoms with Gasteiger partial charge in [-0.3, -0.25) is 4.98 Å². The Hall–Kier alpha value is -1.39. The van der Waals surface area contributed by atoms with Crippen LogP contribution in [0.2, 0.25) is 5.02 Å². The molecule has 1 heterocycles. The molecule has 0 aliphatic carbocycles. The number of anilines is 1. The summed E-state index contributed by atoms with van der Waals surface area (Å²) in [5.74, 6) is -0.383. The molecule has 2 rings (SSSR count). The Morgan fingerprint density at radius 1 is 1.39 bits per heavy atom. The first kappa shape index (κ1) is 13.1. The monoisotopic (exact) mass is 268 g/mol. The maximum Gasteiger partial charge on any atom is 0.172 e. The molecule has 3 nitrogen and oxygen atoms in total. The lowest BCUT2D eigenvalue weighted by atomic mass is 10.2. The summed E-state index contributed by atoms with van der Waals surface area (Å²) in [4.78, 5) is 4.02. The van der Waals surface area contributed by atoms with E-state index < -0.39 is 0 Å². The highest BCUT2D eigenvalue weighted by atomic mass is 35.5. The van der Waals surface area contributed by atoms with E-state index in [-0.39, 0.29) is 11.3 Å². The molecule has 18 heavy (non-hydrogen) atoms. The van der Waals surface area contributed by atoms with E-state index in [9.17, 15) is 4.39 Å². The highest BCUT2D eigenvalue weighted by Gasteiger charge is 2.09. The standard InChI is InChI=1S/C13H14ClFN2O/c1-2-18-8-7-16-11-4-3-9-10(14)5-6-17-13(9)12(11)15/h3-6,16H,2,7-8H2,1H3. The molecule has 0 aliphatic rings. The van der Waals surface area contributed by atoms with Crippen LogP contribution >= 0.6 is 11.6 Å². The van der Waals surface area contributed by atoms with Crippen molar-refractivity contribution in [3.8, 4) is 0 Å². The molecule has 0 aliphatic heterocycles. The molecule has 0 radical (unpaired) electrons. The van der Waals surface area contributed by atoms with Crippen LogP contribution in [-0.2, 0) is 4.74 Å². The summed E-state index contributed by atoms with van der Waals surface area (Å²) >= 11 is 5.98. The highest BCUT2D eigenvalue weighted by Crippen LogP contribution is 2.27. The van der Waals surface area contributed by atoms with Crippen LogP contribution in [0.25, 0.3) is 10.9 Å². The Labute approximate surface area is 110 Å². The number of hydrogen-bond donors (Lipinski definition) is 1.